The van der Waals surface area contributed by atoms with E-state index in [1.54, 1.807) is 6.20 Å². The lowest BCUT2D eigenvalue weighted by Crippen LogP contribution is -3.00. The second-order valence-corrected chi connectivity index (χ2v) is 1.71. The molecule has 0 bridgehead atoms. The van der Waals surface area contributed by atoms with Gasteiger partial charge in [-0.15, -0.1) is 0 Å². The molecule has 9 heavy (non-hydrogen) atoms. The molecule has 1 aromatic rings. The zero-order valence-corrected chi connectivity index (χ0v) is 6.87. The van der Waals surface area contributed by atoms with Crippen LogP contribution in [0.15, 0.2) is 25.3 Å². The summed E-state index contributed by atoms with van der Waals surface area (Å²) in [6.45, 7) is 3.59. The molecule has 0 radical (unpaired) electrons. The van der Waals surface area contributed by atoms with Gasteiger partial charge in [0.1, 0.15) is 12.4 Å². The van der Waals surface area contributed by atoms with Crippen LogP contribution in [0.4, 0.5) is 0 Å². The van der Waals surface area contributed by atoms with E-state index in [4.69, 9.17) is 0 Å². The number of aryl methyl sites for hydroxylation is 1. The monoisotopic (exact) mass is 188 g/mol. The van der Waals surface area contributed by atoms with Gasteiger partial charge in [-0.1, -0.05) is 6.58 Å². The molecule has 50 valence electrons. The van der Waals surface area contributed by atoms with E-state index < -0.39 is 0 Å². The Labute approximate surface area is 65.2 Å². The summed E-state index contributed by atoms with van der Waals surface area (Å²) in [4.78, 5) is 0. The molecule has 0 N–H and O–H groups in total. The van der Waals surface area contributed by atoms with Crippen molar-refractivity contribution in [1.29, 1.82) is 0 Å². The van der Waals surface area contributed by atoms with Gasteiger partial charge in [0.25, 0.3) is 0 Å². The Hall–Kier alpha value is -0.570. The second-order valence-electron chi connectivity index (χ2n) is 1.71. The maximum Gasteiger partial charge on any atom is 0.248 e. The highest BCUT2D eigenvalue weighted by atomic mass is 79.9. The van der Waals surface area contributed by atoms with Crippen molar-refractivity contribution < 1.29 is 21.5 Å². The molecule has 0 spiro atoms. The smallest absolute Gasteiger partial charge is 0.248 e. The van der Waals surface area contributed by atoms with Crippen molar-refractivity contribution in [2.24, 2.45) is 7.05 Å². The molecule has 0 amide bonds. The molecule has 0 atom stereocenters. The topological polar surface area (TPSA) is 8.81 Å². The van der Waals surface area contributed by atoms with Gasteiger partial charge in [0.15, 0.2) is 0 Å². The highest BCUT2D eigenvalue weighted by Gasteiger charge is 1.90. The summed E-state index contributed by atoms with van der Waals surface area (Å²) in [5, 5.41) is 0. The molecule has 0 aromatic carbocycles. The van der Waals surface area contributed by atoms with E-state index in [0.717, 1.165) is 0 Å². The summed E-state index contributed by atoms with van der Waals surface area (Å²) in [5.41, 5.74) is 0. The standard InChI is InChI=1S/C6H9N2.BrH/c1-3-8-5-4-7(2)6-8;/h3-6H,1H2,2H3;1H/q+1;/p-1. The molecule has 1 heterocycles. The summed E-state index contributed by atoms with van der Waals surface area (Å²) in [6, 6.07) is 0. The van der Waals surface area contributed by atoms with Crippen LogP contribution in [0.1, 0.15) is 0 Å². The van der Waals surface area contributed by atoms with Gasteiger partial charge < -0.3 is 17.0 Å². The minimum atomic E-state index is 0. The normalized spacial score (nSPS) is 8.11. The third-order valence-electron chi connectivity index (χ3n) is 1.00. The van der Waals surface area contributed by atoms with Crippen molar-refractivity contribution in [3.05, 3.63) is 25.3 Å². The molecule has 1 rings (SSSR count). The fraction of sp³-hybridized carbons (Fsp3) is 0.167. The predicted octanol–water partition coefficient (Wildman–Crippen LogP) is -2.58. The molecule has 0 fully saturated rings. The molecule has 1 aromatic heterocycles. The third-order valence-corrected chi connectivity index (χ3v) is 1.00. The van der Waals surface area contributed by atoms with E-state index in [9.17, 15) is 0 Å². The maximum absolute atomic E-state index is 3.59. The van der Waals surface area contributed by atoms with Crippen LogP contribution in [0.2, 0.25) is 0 Å². The van der Waals surface area contributed by atoms with Crippen LogP contribution < -0.4 is 21.5 Å². The van der Waals surface area contributed by atoms with Crippen LogP contribution in [0.25, 0.3) is 6.20 Å². The van der Waals surface area contributed by atoms with E-state index in [0.29, 0.717) is 0 Å². The first-order valence-corrected chi connectivity index (χ1v) is 2.48. The van der Waals surface area contributed by atoms with Crippen molar-refractivity contribution in [2.75, 3.05) is 0 Å². The third kappa shape index (κ3) is 2.01. The van der Waals surface area contributed by atoms with Gasteiger partial charge in [-0.2, -0.15) is 0 Å². The molecule has 0 aliphatic heterocycles. The average molecular weight is 189 g/mol. The van der Waals surface area contributed by atoms with E-state index in [2.05, 4.69) is 6.58 Å². The first-order valence-electron chi connectivity index (χ1n) is 2.48. The number of hydrogen-bond donors (Lipinski definition) is 0. The fourth-order valence-electron chi connectivity index (χ4n) is 0.577. The van der Waals surface area contributed by atoms with Gasteiger partial charge in [0, 0.05) is 0 Å². The summed E-state index contributed by atoms with van der Waals surface area (Å²) in [7, 11) is 1.97. The zero-order valence-electron chi connectivity index (χ0n) is 5.29. The molecule has 0 saturated heterocycles. The van der Waals surface area contributed by atoms with Gasteiger partial charge in [-0.3, -0.25) is 0 Å². The van der Waals surface area contributed by atoms with Gasteiger partial charge >= 0.3 is 0 Å². The Morgan fingerprint density at radius 1 is 1.67 bits per heavy atom. The lowest BCUT2D eigenvalue weighted by atomic mass is 10.8. The average Bonchev–Trinajstić information content (AvgIpc) is 2.14. The Morgan fingerprint density at radius 3 is 2.56 bits per heavy atom. The van der Waals surface area contributed by atoms with E-state index in [1.807, 2.05) is 34.9 Å². The fourth-order valence-corrected chi connectivity index (χ4v) is 0.577. The van der Waals surface area contributed by atoms with E-state index in [-0.39, 0.29) is 17.0 Å². The summed E-state index contributed by atoms with van der Waals surface area (Å²) < 4.78 is 3.85. The summed E-state index contributed by atoms with van der Waals surface area (Å²) >= 11 is 0. The Kier molecular flexibility index (Phi) is 3.24. The second kappa shape index (κ2) is 3.45. The molecule has 0 aliphatic rings. The summed E-state index contributed by atoms with van der Waals surface area (Å²) in [6.07, 6.45) is 7.58. The molecule has 0 saturated carbocycles. The predicted molar refractivity (Wildman–Crippen MR) is 32.0 cm³/mol. The highest BCUT2D eigenvalue weighted by Crippen LogP contribution is 1.74. The first kappa shape index (κ1) is 8.43. The lowest BCUT2D eigenvalue weighted by Gasteiger charge is -1.74. The Balaban J connectivity index is 0.000000640. The minimum Gasteiger partial charge on any atom is -1.00 e. The van der Waals surface area contributed by atoms with Gasteiger partial charge in [-0.05, 0) is 0 Å². The van der Waals surface area contributed by atoms with Crippen LogP contribution in [0, 0.1) is 0 Å². The first-order chi connectivity index (χ1) is 3.83. The van der Waals surface area contributed by atoms with Crippen LogP contribution in [0.5, 0.6) is 0 Å². The molecule has 0 unspecified atom stereocenters. The molecule has 2 nitrogen and oxygen atoms in total. The van der Waals surface area contributed by atoms with Gasteiger partial charge in [0.2, 0.25) is 6.33 Å². The van der Waals surface area contributed by atoms with Crippen molar-refractivity contribution in [1.82, 2.24) is 4.57 Å². The number of nitrogens with zero attached hydrogens (tertiary/aromatic N) is 2. The number of hydrogen-bond acceptors (Lipinski definition) is 0. The Morgan fingerprint density at radius 2 is 2.33 bits per heavy atom. The van der Waals surface area contributed by atoms with Gasteiger partial charge in [0.05, 0.1) is 13.2 Å². The molecule has 3 heteroatoms. The van der Waals surface area contributed by atoms with Crippen LogP contribution in [-0.4, -0.2) is 4.57 Å². The van der Waals surface area contributed by atoms with Crippen molar-refractivity contribution in [2.45, 2.75) is 0 Å². The van der Waals surface area contributed by atoms with Crippen LogP contribution >= 0.6 is 0 Å². The maximum atomic E-state index is 3.59. The van der Waals surface area contributed by atoms with Crippen molar-refractivity contribution in [3.63, 3.8) is 0 Å². The number of rotatable bonds is 1. The molecule has 0 aliphatic carbocycles. The lowest BCUT2D eigenvalue weighted by molar-refractivity contribution is -0.567. The molecular formula is C6H9BrN2. The van der Waals surface area contributed by atoms with E-state index in [1.165, 1.54) is 0 Å². The minimum absolute atomic E-state index is 0. The quantitative estimate of drug-likeness (QED) is 0.429. The van der Waals surface area contributed by atoms with Crippen LogP contribution in [-0.2, 0) is 7.05 Å². The van der Waals surface area contributed by atoms with E-state index >= 15 is 0 Å². The zero-order chi connectivity index (χ0) is 5.98. The largest absolute Gasteiger partial charge is 1.00 e. The molecular weight excluding hydrogens is 180 g/mol. The highest BCUT2D eigenvalue weighted by molar-refractivity contribution is 4.94. The van der Waals surface area contributed by atoms with Crippen molar-refractivity contribution in [3.8, 4) is 0 Å². The van der Waals surface area contributed by atoms with Crippen molar-refractivity contribution >= 4 is 6.20 Å². The number of aromatic nitrogens is 2. The number of halogens is 1. The van der Waals surface area contributed by atoms with Crippen LogP contribution in [0.3, 0.4) is 0 Å². The van der Waals surface area contributed by atoms with Gasteiger partial charge in [-0.25, -0.2) is 9.13 Å². The SMILES string of the molecule is C=C[n+]1ccn(C)c1.[Br-]. The summed E-state index contributed by atoms with van der Waals surface area (Å²) in [5.74, 6) is 0. The number of imidazole rings is 1. The Bertz CT molecular complexity index is 193.